The standard InChI is InChI=1S/C14H17ClFNO/c1-2-9-3-5-10(6-4-9)11-7-8-12(18-17)14(16)13(11)15/h2,7-10H,1,3-6,17H2. The van der Waals surface area contributed by atoms with E-state index in [1.165, 1.54) is 6.07 Å². The van der Waals surface area contributed by atoms with Crippen LogP contribution < -0.4 is 10.7 Å². The zero-order valence-corrected chi connectivity index (χ0v) is 10.9. The maximum Gasteiger partial charge on any atom is 0.186 e. The predicted molar refractivity (Wildman–Crippen MR) is 71.1 cm³/mol. The van der Waals surface area contributed by atoms with Crippen LogP contribution in [0.25, 0.3) is 0 Å². The lowest BCUT2D eigenvalue weighted by molar-refractivity contribution is 0.314. The maximum atomic E-state index is 13.8. The Morgan fingerprint density at radius 2 is 2.00 bits per heavy atom. The van der Waals surface area contributed by atoms with Gasteiger partial charge in [0.15, 0.2) is 11.6 Å². The summed E-state index contributed by atoms with van der Waals surface area (Å²) in [5.74, 6) is 5.29. The number of hydrogen-bond donors (Lipinski definition) is 1. The van der Waals surface area contributed by atoms with Gasteiger partial charge in [0.05, 0.1) is 5.02 Å². The second-order valence-electron chi connectivity index (χ2n) is 4.75. The topological polar surface area (TPSA) is 35.2 Å². The van der Waals surface area contributed by atoms with Gasteiger partial charge < -0.3 is 4.84 Å². The number of benzene rings is 1. The van der Waals surface area contributed by atoms with Crippen molar-refractivity contribution in [3.05, 3.63) is 41.2 Å². The average molecular weight is 270 g/mol. The van der Waals surface area contributed by atoms with Crippen molar-refractivity contribution in [2.24, 2.45) is 11.8 Å². The summed E-state index contributed by atoms with van der Waals surface area (Å²) in [6.45, 7) is 3.82. The summed E-state index contributed by atoms with van der Waals surface area (Å²) in [4.78, 5) is 4.43. The average Bonchev–Trinajstić information content (AvgIpc) is 2.42. The molecule has 18 heavy (non-hydrogen) atoms. The third-order valence-electron chi connectivity index (χ3n) is 3.75. The minimum Gasteiger partial charge on any atom is -0.408 e. The molecule has 1 aliphatic carbocycles. The molecule has 0 aliphatic heterocycles. The molecule has 2 nitrogen and oxygen atoms in total. The second kappa shape index (κ2) is 5.72. The van der Waals surface area contributed by atoms with Crippen molar-refractivity contribution in [1.82, 2.24) is 0 Å². The first kappa shape index (κ1) is 13.4. The molecular formula is C14H17ClFNO. The first-order valence-electron chi connectivity index (χ1n) is 6.14. The molecular weight excluding hydrogens is 253 g/mol. The number of nitrogens with two attached hydrogens (primary N) is 1. The summed E-state index contributed by atoms with van der Waals surface area (Å²) in [6, 6.07) is 3.35. The zero-order valence-electron chi connectivity index (χ0n) is 10.2. The van der Waals surface area contributed by atoms with E-state index in [0.717, 1.165) is 31.2 Å². The summed E-state index contributed by atoms with van der Waals surface area (Å²) in [5, 5.41) is 0.139. The molecule has 1 aliphatic rings. The van der Waals surface area contributed by atoms with Gasteiger partial charge >= 0.3 is 0 Å². The molecule has 1 aromatic carbocycles. The normalized spacial score (nSPS) is 23.7. The van der Waals surface area contributed by atoms with E-state index in [1.807, 2.05) is 12.1 Å². The van der Waals surface area contributed by atoms with Gasteiger partial charge in [-0.1, -0.05) is 23.7 Å². The Hall–Kier alpha value is -1.06. The molecule has 0 bridgehead atoms. The molecule has 0 radical (unpaired) electrons. The molecule has 1 aromatic rings. The summed E-state index contributed by atoms with van der Waals surface area (Å²) < 4.78 is 13.8. The van der Waals surface area contributed by atoms with Gasteiger partial charge in [-0.15, -0.1) is 6.58 Å². The van der Waals surface area contributed by atoms with Crippen LogP contribution in [-0.2, 0) is 0 Å². The lowest BCUT2D eigenvalue weighted by Gasteiger charge is -2.27. The summed E-state index contributed by atoms with van der Waals surface area (Å²) in [5.41, 5.74) is 0.859. The quantitative estimate of drug-likeness (QED) is 0.660. The smallest absolute Gasteiger partial charge is 0.186 e. The van der Waals surface area contributed by atoms with Crippen molar-refractivity contribution in [1.29, 1.82) is 0 Å². The van der Waals surface area contributed by atoms with E-state index in [2.05, 4.69) is 11.4 Å². The molecule has 0 aromatic heterocycles. The van der Waals surface area contributed by atoms with Crippen molar-refractivity contribution in [2.45, 2.75) is 31.6 Å². The molecule has 1 saturated carbocycles. The highest BCUT2D eigenvalue weighted by atomic mass is 35.5. The van der Waals surface area contributed by atoms with Crippen molar-refractivity contribution in [3.63, 3.8) is 0 Å². The maximum absolute atomic E-state index is 13.8. The molecule has 2 N–H and O–H groups in total. The van der Waals surface area contributed by atoms with Crippen molar-refractivity contribution in [2.75, 3.05) is 0 Å². The van der Waals surface area contributed by atoms with Gasteiger partial charge in [0.1, 0.15) is 0 Å². The van der Waals surface area contributed by atoms with E-state index >= 15 is 0 Å². The lowest BCUT2D eigenvalue weighted by Crippen LogP contribution is -2.13. The summed E-state index contributed by atoms with van der Waals surface area (Å²) in [6.07, 6.45) is 6.20. The van der Waals surface area contributed by atoms with Crippen LogP contribution in [-0.4, -0.2) is 0 Å². The molecule has 98 valence electrons. The fourth-order valence-electron chi connectivity index (χ4n) is 2.62. The molecule has 0 saturated heterocycles. The molecule has 2 rings (SSSR count). The number of allylic oxidation sites excluding steroid dienone is 1. The Morgan fingerprint density at radius 1 is 1.33 bits per heavy atom. The molecule has 0 heterocycles. The van der Waals surface area contributed by atoms with Crippen LogP contribution in [0.15, 0.2) is 24.8 Å². The largest absolute Gasteiger partial charge is 0.408 e. The van der Waals surface area contributed by atoms with Gasteiger partial charge in [-0.25, -0.2) is 4.39 Å². The summed E-state index contributed by atoms with van der Waals surface area (Å²) in [7, 11) is 0. The van der Waals surface area contributed by atoms with Crippen LogP contribution in [0.3, 0.4) is 0 Å². The van der Waals surface area contributed by atoms with E-state index in [4.69, 9.17) is 17.5 Å². The number of hydrogen-bond acceptors (Lipinski definition) is 2. The highest BCUT2D eigenvalue weighted by Gasteiger charge is 2.24. The predicted octanol–water partition coefficient (Wildman–Crippen LogP) is 4.19. The highest BCUT2D eigenvalue weighted by Crippen LogP contribution is 2.41. The SMILES string of the molecule is C=CC1CCC(c2ccc(ON)c(F)c2Cl)CC1. The van der Waals surface area contributed by atoms with Gasteiger partial charge in [-0.3, -0.25) is 0 Å². The van der Waals surface area contributed by atoms with Crippen molar-refractivity contribution in [3.8, 4) is 5.75 Å². The monoisotopic (exact) mass is 269 g/mol. The van der Waals surface area contributed by atoms with E-state index in [9.17, 15) is 4.39 Å². The van der Waals surface area contributed by atoms with Crippen LogP contribution >= 0.6 is 11.6 Å². The third-order valence-corrected chi connectivity index (χ3v) is 4.13. The van der Waals surface area contributed by atoms with Crippen molar-refractivity contribution < 1.29 is 9.23 Å². The fourth-order valence-corrected chi connectivity index (χ4v) is 2.93. The molecule has 0 amide bonds. The van der Waals surface area contributed by atoms with Gasteiger partial charge in [-0.05, 0) is 49.1 Å². The first-order valence-corrected chi connectivity index (χ1v) is 6.52. The van der Waals surface area contributed by atoms with Gasteiger partial charge in [0, 0.05) is 0 Å². The van der Waals surface area contributed by atoms with E-state index in [0.29, 0.717) is 11.8 Å². The fraction of sp³-hybridized carbons (Fsp3) is 0.429. The lowest BCUT2D eigenvalue weighted by atomic mass is 9.79. The van der Waals surface area contributed by atoms with E-state index in [-0.39, 0.29) is 10.8 Å². The molecule has 4 heteroatoms. The zero-order chi connectivity index (χ0) is 13.1. The molecule has 0 spiro atoms. The Bertz CT molecular complexity index is 442. The van der Waals surface area contributed by atoms with Crippen molar-refractivity contribution >= 4 is 11.6 Å². The first-order chi connectivity index (χ1) is 8.67. The van der Waals surface area contributed by atoms with Crippen LogP contribution in [0.4, 0.5) is 4.39 Å². The Balaban J connectivity index is 2.19. The second-order valence-corrected chi connectivity index (χ2v) is 5.12. The minimum absolute atomic E-state index is 0.0106. The highest BCUT2D eigenvalue weighted by molar-refractivity contribution is 6.31. The number of halogens is 2. The Labute approximate surface area is 112 Å². The number of rotatable bonds is 3. The van der Waals surface area contributed by atoms with Crippen LogP contribution in [0, 0.1) is 11.7 Å². The summed E-state index contributed by atoms with van der Waals surface area (Å²) >= 11 is 6.05. The van der Waals surface area contributed by atoms with Gasteiger partial charge in [0.2, 0.25) is 0 Å². The Morgan fingerprint density at radius 3 is 2.56 bits per heavy atom. The molecule has 1 fully saturated rings. The Kier molecular flexibility index (Phi) is 4.25. The van der Waals surface area contributed by atoms with E-state index < -0.39 is 5.82 Å². The van der Waals surface area contributed by atoms with Gasteiger partial charge in [0.25, 0.3) is 0 Å². The third kappa shape index (κ3) is 2.52. The molecule has 0 unspecified atom stereocenters. The minimum atomic E-state index is -0.567. The molecule has 0 atom stereocenters. The van der Waals surface area contributed by atoms with Crippen LogP contribution in [0.1, 0.15) is 37.2 Å². The van der Waals surface area contributed by atoms with Crippen LogP contribution in [0.5, 0.6) is 5.75 Å². The van der Waals surface area contributed by atoms with E-state index in [1.54, 1.807) is 0 Å². The van der Waals surface area contributed by atoms with Crippen LogP contribution in [0.2, 0.25) is 5.02 Å². The van der Waals surface area contributed by atoms with Gasteiger partial charge in [-0.2, -0.15) is 5.90 Å².